The molecule has 1 amide bonds. The van der Waals surface area contributed by atoms with E-state index in [0.29, 0.717) is 0 Å². The summed E-state index contributed by atoms with van der Waals surface area (Å²) >= 11 is 0. The van der Waals surface area contributed by atoms with Crippen LogP contribution in [0.4, 0.5) is 4.79 Å². The lowest BCUT2D eigenvalue weighted by molar-refractivity contribution is -0.196. The van der Waals surface area contributed by atoms with Crippen molar-refractivity contribution < 1.29 is 42.9 Å². The third-order valence-electron chi connectivity index (χ3n) is 3.40. The second-order valence-electron chi connectivity index (χ2n) is 5.19. The molecule has 0 saturated carbocycles. The molecule has 1 rings (SSSR count). The number of nitrogens with one attached hydrogen (secondary N) is 1. The molecule has 1 heterocycles. The second kappa shape index (κ2) is 8.47. The van der Waals surface area contributed by atoms with Crippen LogP contribution in [0.1, 0.15) is 20.8 Å². The van der Waals surface area contributed by atoms with Crippen molar-refractivity contribution in [1.82, 2.24) is 5.32 Å². The van der Waals surface area contributed by atoms with Gasteiger partial charge in [0.2, 0.25) is 6.29 Å². The van der Waals surface area contributed by atoms with Gasteiger partial charge < -0.3 is 29.0 Å². The lowest BCUT2D eigenvalue weighted by Gasteiger charge is -2.34. The predicted molar refractivity (Wildman–Crippen MR) is 81.1 cm³/mol. The Morgan fingerprint density at radius 1 is 1.12 bits per heavy atom. The van der Waals surface area contributed by atoms with E-state index < -0.39 is 48.0 Å². The smallest absolute Gasteiger partial charge is 0.407 e. The van der Waals surface area contributed by atoms with Gasteiger partial charge in [-0.15, -0.1) is 6.58 Å². The number of rotatable bonds is 6. The van der Waals surface area contributed by atoms with Crippen LogP contribution < -0.4 is 5.32 Å². The topological polar surface area (TPSA) is 126 Å². The Hall–Kier alpha value is -2.62. The molecule has 0 bridgehead atoms. The number of methoxy groups -OCH3 is 1. The number of alkyl carbamates (subject to hydrolysis) is 1. The van der Waals surface area contributed by atoms with Gasteiger partial charge >= 0.3 is 24.0 Å². The van der Waals surface area contributed by atoms with Crippen LogP contribution in [-0.4, -0.2) is 61.8 Å². The molecular formula is C15H21NO9. The molecule has 0 radical (unpaired) electrons. The highest BCUT2D eigenvalue weighted by Crippen LogP contribution is 2.36. The first-order chi connectivity index (χ1) is 11.7. The number of carbonyl (C=O) groups excluding carboxylic acids is 4. The van der Waals surface area contributed by atoms with Gasteiger partial charge in [-0.3, -0.25) is 14.4 Å². The van der Waals surface area contributed by atoms with E-state index in [4.69, 9.17) is 18.9 Å². The summed E-state index contributed by atoms with van der Waals surface area (Å²) in [6.07, 6.45) is -3.31. The fourth-order valence-electron chi connectivity index (χ4n) is 2.39. The van der Waals surface area contributed by atoms with Crippen molar-refractivity contribution in [2.45, 2.75) is 44.8 Å². The Labute approximate surface area is 144 Å². The number of carbonyl (C=O) groups is 4. The van der Waals surface area contributed by atoms with E-state index in [2.05, 4.69) is 16.6 Å². The van der Waals surface area contributed by atoms with E-state index in [-0.39, 0.29) is 6.61 Å². The van der Waals surface area contributed by atoms with E-state index in [9.17, 15) is 19.2 Å². The van der Waals surface area contributed by atoms with E-state index in [1.165, 1.54) is 13.0 Å². The van der Waals surface area contributed by atoms with Gasteiger partial charge in [0.25, 0.3) is 0 Å². The Morgan fingerprint density at radius 3 is 2.16 bits per heavy atom. The maximum atomic E-state index is 11.8. The van der Waals surface area contributed by atoms with Gasteiger partial charge in [-0.2, -0.15) is 0 Å². The zero-order chi connectivity index (χ0) is 19.2. The van der Waals surface area contributed by atoms with Crippen molar-refractivity contribution in [2.24, 2.45) is 0 Å². The van der Waals surface area contributed by atoms with Crippen molar-refractivity contribution in [3.63, 3.8) is 0 Å². The molecule has 1 unspecified atom stereocenters. The largest absolute Gasteiger partial charge is 0.463 e. The number of hydrogen-bond donors (Lipinski definition) is 1. The van der Waals surface area contributed by atoms with Crippen LogP contribution in [0, 0.1) is 0 Å². The minimum atomic E-state index is -1.56. The van der Waals surface area contributed by atoms with Crippen LogP contribution in [0.3, 0.4) is 0 Å². The molecule has 0 aromatic carbocycles. The first kappa shape index (κ1) is 20.4. The Bertz CT molecular complexity index is 561. The maximum absolute atomic E-state index is 11.8. The molecule has 140 valence electrons. The molecule has 0 spiro atoms. The van der Waals surface area contributed by atoms with Gasteiger partial charge in [-0.05, 0) is 0 Å². The summed E-state index contributed by atoms with van der Waals surface area (Å²) in [6, 6.07) is 0. The van der Waals surface area contributed by atoms with Crippen LogP contribution in [0.2, 0.25) is 0 Å². The van der Waals surface area contributed by atoms with Crippen molar-refractivity contribution >= 4 is 24.0 Å². The predicted octanol–water partition coefficient (Wildman–Crippen LogP) is 0.0500. The highest BCUT2D eigenvalue weighted by molar-refractivity contribution is 5.71. The van der Waals surface area contributed by atoms with E-state index >= 15 is 0 Å². The number of ether oxygens (including phenoxy) is 5. The van der Waals surface area contributed by atoms with Gasteiger partial charge in [0.05, 0.1) is 7.11 Å². The van der Waals surface area contributed by atoms with E-state index in [0.717, 1.165) is 21.0 Å². The third kappa shape index (κ3) is 4.92. The molecule has 0 aromatic heterocycles. The van der Waals surface area contributed by atoms with E-state index in [1.54, 1.807) is 0 Å². The molecule has 1 N–H and O–H groups in total. The molecule has 0 aliphatic carbocycles. The fourth-order valence-corrected chi connectivity index (χ4v) is 2.39. The minimum absolute atomic E-state index is 0.319. The van der Waals surface area contributed by atoms with Crippen LogP contribution in [0.15, 0.2) is 12.7 Å². The summed E-state index contributed by atoms with van der Waals surface area (Å²) < 4.78 is 25.2. The molecule has 10 nitrogen and oxygen atoms in total. The molecule has 1 saturated heterocycles. The van der Waals surface area contributed by atoms with Crippen molar-refractivity contribution in [3.05, 3.63) is 12.7 Å². The monoisotopic (exact) mass is 359 g/mol. The number of esters is 3. The molecule has 1 aliphatic heterocycles. The zero-order valence-corrected chi connectivity index (χ0v) is 14.4. The van der Waals surface area contributed by atoms with Crippen LogP contribution in [0.25, 0.3) is 0 Å². The average molecular weight is 359 g/mol. The first-order valence-corrected chi connectivity index (χ1v) is 7.29. The van der Waals surface area contributed by atoms with E-state index in [1.807, 2.05) is 0 Å². The number of hydrogen-bond acceptors (Lipinski definition) is 9. The Kier molecular flexibility index (Phi) is 6.92. The zero-order valence-electron chi connectivity index (χ0n) is 14.4. The molecule has 1 fully saturated rings. The summed E-state index contributed by atoms with van der Waals surface area (Å²) in [6.45, 7) is 6.77. The van der Waals surface area contributed by atoms with Gasteiger partial charge in [0.15, 0.2) is 6.10 Å². The van der Waals surface area contributed by atoms with Crippen molar-refractivity contribution in [2.75, 3.05) is 13.7 Å². The molecule has 10 heteroatoms. The third-order valence-corrected chi connectivity index (χ3v) is 3.40. The van der Waals surface area contributed by atoms with Crippen molar-refractivity contribution in [1.29, 1.82) is 0 Å². The van der Waals surface area contributed by atoms with Crippen molar-refractivity contribution in [3.8, 4) is 0 Å². The van der Waals surface area contributed by atoms with Gasteiger partial charge in [0, 0.05) is 20.8 Å². The van der Waals surface area contributed by atoms with Crippen LogP contribution in [0.5, 0.6) is 0 Å². The normalized spacial score (nSPS) is 27.8. The summed E-state index contributed by atoms with van der Waals surface area (Å²) in [4.78, 5) is 45.7. The lowest BCUT2D eigenvalue weighted by atomic mass is 9.88. The molecule has 4 atom stereocenters. The fraction of sp³-hybridized carbons (Fsp3) is 0.600. The Balaban J connectivity index is 3.28. The molecule has 1 aliphatic rings. The first-order valence-electron chi connectivity index (χ1n) is 7.29. The number of amides is 1. The summed E-state index contributed by atoms with van der Waals surface area (Å²) in [5, 5.41) is 2.46. The maximum Gasteiger partial charge on any atom is 0.407 e. The minimum Gasteiger partial charge on any atom is -0.463 e. The standard InChI is InChI=1S/C15H21NO9/c1-6-15(16-14(20)21-5)11(7-22-8(2)17)25-13(24-10(4)19)12(15)23-9(3)18/h6,11-13H,1,7H2,2-5H3,(H,16,20)/t11-,12+,13?,15+/m1/s1. The molecule has 0 aromatic rings. The van der Waals surface area contributed by atoms with Gasteiger partial charge in [-0.25, -0.2) is 4.79 Å². The Morgan fingerprint density at radius 2 is 1.72 bits per heavy atom. The lowest BCUT2D eigenvalue weighted by Crippen LogP contribution is -2.62. The summed E-state index contributed by atoms with van der Waals surface area (Å²) in [5.41, 5.74) is -1.56. The van der Waals surface area contributed by atoms with Gasteiger partial charge in [-0.1, -0.05) is 6.08 Å². The average Bonchev–Trinajstić information content (AvgIpc) is 2.78. The summed E-state index contributed by atoms with van der Waals surface area (Å²) in [5.74, 6) is -2.01. The van der Waals surface area contributed by atoms with Crippen LogP contribution in [-0.2, 0) is 38.1 Å². The molecule has 25 heavy (non-hydrogen) atoms. The quantitative estimate of drug-likeness (QED) is 0.397. The van der Waals surface area contributed by atoms with Crippen LogP contribution >= 0.6 is 0 Å². The van der Waals surface area contributed by atoms with Gasteiger partial charge in [0.1, 0.15) is 18.2 Å². The molecular weight excluding hydrogens is 338 g/mol. The highest BCUT2D eigenvalue weighted by atomic mass is 16.7. The second-order valence-corrected chi connectivity index (χ2v) is 5.19. The SMILES string of the molecule is C=C[C@]1(NC(=O)OC)[C@@H](COC(C)=O)OC(OC(C)=O)[C@@H]1OC(C)=O. The highest BCUT2D eigenvalue weighted by Gasteiger charge is 2.60. The summed E-state index contributed by atoms with van der Waals surface area (Å²) in [7, 11) is 1.13.